The monoisotopic (exact) mass is 342 g/mol. The van der Waals surface area contributed by atoms with E-state index in [0.29, 0.717) is 24.9 Å². The summed E-state index contributed by atoms with van der Waals surface area (Å²) in [6, 6.07) is 2.32. The summed E-state index contributed by atoms with van der Waals surface area (Å²) in [5.74, 6) is 1.53. The first-order valence-corrected chi connectivity index (χ1v) is 8.77. The van der Waals surface area contributed by atoms with Crippen molar-refractivity contribution < 1.29 is 4.79 Å². The molecule has 4 rings (SSSR count). The van der Waals surface area contributed by atoms with E-state index in [2.05, 4.69) is 30.3 Å². The molecule has 2 amide bonds. The Kier molecular flexibility index (Phi) is 4.45. The molecule has 0 radical (unpaired) electrons. The number of anilines is 1. The molecule has 1 aliphatic heterocycles. The van der Waals surface area contributed by atoms with Crippen molar-refractivity contribution in [1.82, 2.24) is 34.9 Å². The molecule has 1 saturated carbocycles. The first-order valence-electron chi connectivity index (χ1n) is 8.77. The Balaban J connectivity index is 1.35. The van der Waals surface area contributed by atoms with Gasteiger partial charge in [-0.25, -0.2) is 24.4 Å². The number of carbonyl (C=O) groups is 1. The van der Waals surface area contributed by atoms with Gasteiger partial charge in [0.25, 0.3) is 0 Å². The second kappa shape index (κ2) is 7.04. The Bertz CT molecular complexity index is 705. The Morgan fingerprint density at radius 2 is 1.80 bits per heavy atom. The highest BCUT2D eigenvalue weighted by Gasteiger charge is 2.25. The molecule has 1 aliphatic carbocycles. The molecule has 1 saturated heterocycles. The van der Waals surface area contributed by atoms with Gasteiger partial charge in [0.1, 0.15) is 24.8 Å². The number of nitrogens with one attached hydrogen (secondary N) is 1. The van der Waals surface area contributed by atoms with Crippen LogP contribution in [0.2, 0.25) is 0 Å². The molecule has 2 aromatic heterocycles. The van der Waals surface area contributed by atoms with E-state index in [0.717, 1.165) is 31.7 Å². The van der Waals surface area contributed by atoms with E-state index in [1.54, 1.807) is 11.0 Å². The number of carbonyl (C=O) groups excluding carboxylic acids is 1. The van der Waals surface area contributed by atoms with E-state index in [1.807, 2.05) is 11.0 Å². The molecular weight excluding hydrogens is 320 g/mol. The van der Waals surface area contributed by atoms with Gasteiger partial charge in [-0.1, -0.05) is 12.8 Å². The minimum absolute atomic E-state index is 0.0672. The zero-order valence-corrected chi connectivity index (χ0v) is 14.1. The zero-order chi connectivity index (χ0) is 17.1. The minimum atomic E-state index is 0.0672. The van der Waals surface area contributed by atoms with Crippen LogP contribution in [-0.4, -0.2) is 67.9 Å². The number of rotatable bonds is 3. The van der Waals surface area contributed by atoms with Crippen LogP contribution in [0, 0.1) is 0 Å². The van der Waals surface area contributed by atoms with Gasteiger partial charge in [0.05, 0.1) is 0 Å². The van der Waals surface area contributed by atoms with Gasteiger partial charge < -0.3 is 15.1 Å². The van der Waals surface area contributed by atoms with Crippen LogP contribution in [0.25, 0.3) is 5.82 Å². The lowest BCUT2D eigenvalue weighted by atomic mass is 10.2. The summed E-state index contributed by atoms with van der Waals surface area (Å²) in [6.45, 7) is 2.90. The third kappa shape index (κ3) is 3.54. The maximum atomic E-state index is 12.4. The van der Waals surface area contributed by atoms with Crippen molar-refractivity contribution in [3.63, 3.8) is 0 Å². The zero-order valence-electron chi connectivity index (χ0n) is 14.1. The molecule has 25 heavy (non-hydrogen) atoms. The fourth-order valence-electron chi connectivity index (χ4n) is 3.44. The Labute approximate surface area is 146 Å². The summed E-state index contributed by atoms with van der Waals surface area (Å²) in [7, 11) is 0. The minimum Gasteiger partial charge on any atom is -0.353 e. The second-order valence-corrected chi connectivity index (χ2v) is 6.48. The highest BCUT2D eigenvalue weighted by atomic mass is 16.2. The van der Waals surface area contributed by atoms with Crippen molar-refractivity contribution in [1.29, 1.82) is 0 Å². The quantitative estimate of drug-likeness (QED) is 0.888. The topological polar surface area (TPSA) is 92.1 Å². The van der Waals surface area contributed by atoms with E-state index in [4.69, 9.17) is 0 Å². The van der Waals surface area contributed by atoms with Gasteiger partial charge >= 0.3 is 6.03 Å². The highest BCUT2D eigenvalue weighted by Crippen LogP contribution is 2.19. The molecule has 1 N–H and O–H groups in total. The van der Waals surface area contributed by atoms with Gasteiger partial charge in [-0.3, -0.25) is 0 Å². The number of amides is 2. The summed E-state index contributed by atoms with van der Waals surface area (Å²) in [5, 5.41) is 7.25. The van der Waals surface area contributed by atoms with Crippen molar-refractivity contribution >= 4 is 11.8 Å². The number of aromatic nitrogens is 5. The largest absolute Gasteiger partial charge is 0.353 e. The fourth-order valence-corrected chi connectivity index (χ4v) is 3.44. The molecular formula is C16H22N8O. The lowest BCUT2D eigenvalue weighted by Gasteiger charge is -2.35. The van der Waals surface area contributed by atoms with E-state index in [9.17, 15) is 4.79 Å². The third-order valence-electron chi connectivity index (χ3n) is 4.87. The van der Waals surface area contributed by atoms with Crippen LogP contribution in [-0.2, 0) is 0 Å². The van der Waals surface area contributed by atoms with Gasteiger partial charge in [0, 0.05) is 38.3 Å². The Hall–Kier alpha value is -2.71. The first-order chi connectivity index (χ1) is 12.3. The third-order valence-corrected chi connectivity index (χ3v) is 4.87. The summed E-state index contributed by atoms with van der Waals surface area (Å²) in [5.41, 5.74) is 0. The predicted molar refractivity (Wildman–Crippen MR) is 91.5 cm³/mol. The van der Waals surface area contributed by atoms with Gasteiger partial charge in [-0.15, -0.1) is 0 Å². The normalized spacial score (nSPS) is 18.6. The molecule has 2 fully saturated rings. The maximum absolute atomic E-state index is 12.4. The van der Waals surface area contributed by atoms with Crippen molar-refractivity contribution in [2.75, 3.05) is 31.1 Å². The molecule has 9 nitrogen and oxygen atoms in total. The Morgan fingerprint density at radius 1 is 1.04 bits per heavy atom. The maximum Gasteiger partial charge on any atom is 0.317 e. The molecule has 0 bridgehead atoms. The average molecular weight is 342 g/mol. The van der Waals surface area contributed by atoms with Crippen LogP contribution < -0.4 is 10.2 Å². The SMILES string of the molecule is O=C(NC1CCCC1)N1CCN(c2cc(-n3cncn3)ncn2)CC1. The molecule has 0 aromatic carbocycles. The number of hydrogen-bond donors (Lipinski definition) is 1. The Morgan fingerprint density at radius 3 is 2.52 bits per heavy atom. The van der Waals surface area contributed by atoms with E-state index in [1.165, 1.54) is 25.5 Å². The summed E-state index contributed by atoms with van der Waals surface area (Å²) < 4.78 is 1.61. The summed E-state index contributed by atoms with van der Waals surface area (Å²) >= 11 is 0. The van der Waals surface area contributed by atoms with Crippen LogP contribution in [0.4, 0.5) is 10.6 Å². The summed E-state index contributed by atoms with van der Waals surface area (Å²) in [4.78, 5) is 28.9. The molecule has 2 aromatic rings. The number of hydrogen-bond acceptors (Lipinski definition) is 6. The van der Waals surface area contributed by atoms with Crippen LogP contribution in [0.5, 0.6) is 0 Å². The molecule has 9 heteroatoms. The number of urea groups is 1. The van der Waals surface area contributed by atoms with Gasteiger partial charge in [-0.05, 0) is 12.8 Å². The van der Waals surface area contributed by atoms with Crippen molar-refractivity contribution in [2.45, 2.75) is 31.7 Å². The molecule has 132 valence electrons. The lowest BCUT2D eigenvalue weighted by Crippen LogP contribution is -2.53. The molecule has 0 unspecified atom stereocenters. The van der Waals surface area contributed by atoms with Crippen molar-refractivity contribution in [3.8, 4) is 5.82 Å². The number of nitrogens with zero attached hydrogens (tertiary/aromatic N) is 7. The molecule has 2 aliphatic rings. The van der Waals surface area contributed by atoms with Crippen LogP contribution in [0.3, 0.4) is 0 Å². The summed E-state index contributed by atoms with van der Waals surface area (Å²) in [6.07, 6.45) is 9.28. The second-order valence-electron chi connectivity index (χ2n) is 6.48. The van der Waals surface area contributed by atoms with Gasteiger partial charge in [-0.2, -0.15) is 5.10 Å². The van der Waals surface area contributed by atoms with Crippen LogP contribution in [0.1, 0.15) is 25.7 Å². The molecule has 0 atom stereocenters. The fraction of sp³-hybridized carbons (Fsp3) is 0.562. The van der Waals surface area contributed by atoms with Crippen LogP contribution in [0.15, 0.2) is 25.0 Å². The van der Waals surface area contributed by atoms with E-state index >= 15 is 0 Å². The average Bonchev–Trinajstić information content (AvgIpc) is 3.36. The number of piperazine rings is 1. The molecule has 3 heterocycles. The van der Waals surface area contributed by atoms with Crippen LogP contribution >= 0.6 is 0 Å². The lowest BCUT2D eigenvalue weighted by molar-refractivity contribution is 0.190. The first kappa shape index (κ1) is 15.8. The van der Waals surface area contributed by atoms with Gasteiger partial charge in [0.15, 0.2) is 5.82 Å². The van der Waals surface area contributed by atoms with Crippen molar-refractivity contribution in [2.24, 2.45) is 0 Å². The molecule has 0 spiro atoms. The standard InChI is InChI=1S/C16H22N8O/c25-16(21-13-3-1-2-4-13)23-7-5-22(6-8-23)14-9-15(19-11-18-14)24-12-17-10-20-24/h9-13H,1-8H2,(H,21,25). The smallest absolute Gasteiger partial charge is 0.317 e. The van der Waals surface area contributed by atoms with Gasteiger partial charge in [0.2, 0.25) is 0 Å². The predicted octanol–water partition coefficient (Wildman–Crippen LogP) is 0.831. The van der Waals surface area contributed by atoms with E-state index < -0.39 is 0 Å². The highest BCUT2D eigenvalue weighted by molar-refractivity contribution is 5.75. The van der Waals surface area contributed by atoms with E-state index in [-0.39, 0.29) is 6.03 Å². The van der Waals surface area contributed by atoms with Crippen molar-refractivity contribution in [3.05, 3.63) is 25.0 Å².